The highest BCUT2D eigenvalue weighted by atomic mass is 16.5. The summed E-state index contributed by atoms with van der Waals surface area (Å²) in [6.07, 6.45) is 0.261. The van der Waals surface area contributed by atoms with E-state index < -0.39 is 29.9 Å². The third kappa shape index (κ3) is 4.26. The molecule has 0 aliphatic carbocycles. The number of hydrogen-bond donors (Lipinski definition) is 3. The maximum absolute atomic E-state index is 13.4. The van der Waals surface area contributed by atoms with Gasteiger partial charge in [0.1, 0.15) is 12.3 Å². The number of ether oxygens (including phenoxy) is 1. The molecule has 0 aromatic heterocycles. The van der Waals surface area contributed by atoms with E-state index in [-0.39, 0.29) is 30.2 Å². The first kappa shape index (κ1) is 23.1. The predicted octanol–water partition coefficient (Wildman–Crippen LogP) is 2.78. The van der Waals surface area contributed by atoms with Crippen molar-refractivity contribution in [2.24, 2.45) is 0 Å². The monoisotopic (exact) mass is 484 g/mol. The van der Waals surface area contributed by atoms with Crippen molar-refractivity contribution >= 4 is 29.4 Å². The first-order chi connectivity index (χ1) is 17.5. The molecule has 0 bridgehead atoms. The van der Waals surface area contributed by atoms with E-state index in [0.29, 0.717) is 17.9 Å². The van der Waals surface area contributed by atoms with E-state index in [1.54, 1.807) is 48.5 Å². The van der Waals surface area contributed by atoms with Gasteiger partial charge >= 0.3 is 6.03 Å². The average molecular weight is 485 g/mol. The summed E-state index contributed by atoms with van der Waals surface area (Å²) < 4.78 is 5.63. The Labute approximate surface area is 207 Å². The van der Waals surface area contributed by atoms with Gasteiger partial charge in [-0.3, -0.25) is 19.3 Å². The summed E-state index contributed by atoms with van der Waals surface area (Å²) >= 11 is 0. The molecule has 0 unspecified atom stereocenters. The SMILES string of the molecule is O=C(CN1C(=O)N[C@@]2(CCOc3ccccc32)C1=O)Nc1ccccc1C(=O)NCc1ccccc1. The predicted molar refractivity (Wildman–Crippen MR) is 131 cm³/mol. The molecule has 2 heterocycles. The van der Waals surface area contributed by atoms with Crippen LogP contribution in [-0.2, 0) is 21.7 Å². The molecule has 1 spiro atoms. The van der Waals surface area contributed by atoms with E-state index in [4.69, 9.17) is 4.74 Å². The van der Waals surface area contributed by atoms with Crippen molar-refractivity contribution in [3.05, 3.63) is 95.6 Å². The first-order valence-electron chi connectivity index (χ1n) is 11.6. The zero-order valence-electron chi connectivity index (χ0n) is 19.3. The average Bonchev–Trinajstić information content (AvgIpc) is 3.13. The number of fused-ring (bicyclic) bond motifs is 2. The molecule has 5 rings (SSSR count). The lowest BCUT2D eigenvalue weighted by Crippen LogP contribution is -2.48. The maximum atomic E-state index is 13.4. The molecule has 0 radical (unpaired) electrons. The van der Waals surface area contributed by atoms with Gasteiger partial charge < -0.3 is 20.7 Å². The molecule has 182 valence electrons. The number of nitrogens with one attached hydrogen (secondary N) is 3. The molecular weight excluding hydrogens is 460 g/mol. The Kier molecular flexibility index (Phi) is 6.12. The largest absolute Gasteiger partial charge is 0.493 e. The Bertz CT molecular complexity index is 1340. The van der Waals surface area contributed by atoms with Gasteiger partial charge in [0.2, 0.25) is 5.91 Å². The van der Waals surface area contributed by atoms with E-state index in [1.807, 2.05) is 30.3 Å². The fourth-order valence-corrected chi connectivity index (χ4v) is 4.51. The number of amides is 5. The minimum Gasteiger partial charge on any atom is -0.493 e. The quantitative estimate of drug-likeness (QED) is 0.465. The Morgan fingerprint density at radius 2 is 1.67 bits per heavy atom. The summed E-state index contributed by atoms with van der Waals surface area (Å²) in [5.74, 6) is -0.937. The molecule has 3 aromatic rings. The van der Waals surface area contributed by atoms with Crippen LogP contribution in [0.5, 0.6) is 5.75 Å². The molecule has 3 aromatic carbocycles. The van der Waals surface area contributed by atoms with E-state index in [0.717, 1.165) is 10.5 Å². The van der Waals surface area contributed by atoms with Crippen molar-refractivity contribution in [3.63, 3.8) is 0 Å². The van der Waals surface area contributed by atoms with Gasteiger partial charge in [0.15, 0.2) is 5.54 Å². The summed E-state index contributed by atoms with van der Waals surface area (Å²) in [6.45, 7) is 0.0988. The van der Waals surface area contributed by atoms with Gasteiger partial charge in [-0.2, -0.15) is 0 Å². The standard InChI is InChI=1S/C27H24N4O5/c32-23(29-21-12-6-4-10-19(21)24(33)28-16-18-8-2-1-3-9-18)17-31-25(34)27(30-26(31)35)14-15-36-22-13-7-5-11-20(22)27/h1-13H,14-17H2,(H,28,33)(H,29,32)(H,30,35)/t27-/m1/s1. The van der Waals surface area contributed by atoms with Crippen LogP contribution in [-0.4, -0.2) is 41.8 Å². The second kappa shape index (κ2) is 9.53. The van der Waals surface area contributed by atoms with Crippen molar-refractivity contribution in [2.45, 2.75) is 18.5 Å². The molecule has 1 atom stereocenters. The topological polar surface area (TPSA) is 117 Å². The van der Waals surface area contributed by atoms with E-state index in [1.165, 1.54) is 0 Å². The number of rotatable bonds is 6. The number of nitrogens with zero attached hydrogens (tertiary/aromatic N) is 1. The van der Waals surface area contributed by atoms with Crippen molar-refractivity contribution in [1.29, 1.82) is 0 Å². The highest BCUT2D eigenvalue weighted by Crippen LogP contribution is 2.40. The molecule has 1 saturated heterocycles. The highest BCUT2D eigenvalue weighted by Gasteiger charge is 2.55. The van der Waals surface area contributed by atoms with Gasteiger partial charge in [0, 0.05) is 18.5 Å². The summed E-state index contributed by atoms with van der Waals surface area (Å²) in [5, 5.41) is 8.27. The molecule has 3 N–H and O–H groups in total. The van der Waals surface area contributed by atoms with Crippen LogP contribution in [0.2, 0.25) is 0 Å². The Hall–Kier alpha value is -4.66. The van der Waals surface area contributed by atoms with Crippen molar-refractivity contribution < 1.29 is 23.9 Å². The van der Waals surface area contributed by atoms with Gasteiger partial charge in [-0.25, -0.2) is 4.79 Å². The number of urea groups is 1. The van der Waals surface area contributed by atoms with Crippen LogP contribution in [0.4, 0.5) is 10.5 Å². The van der Waals surface area contributed by atoms with Gasteiger partial charge in [-0.1, -0.05) is 60.7 Å². The Balaban J connectivity index is 1.28. The minimum absolute atomic E-state index is 0.258. The van der Waals surface area contributed by atoms with Crippen LogP contribution in [0.1, 0.15) is 27.9 Å². The summed E-state index contributed by atoms with van der Waals surface area (Å²) in [4.78, 5) is 52.7. The number of carbonyl (C=O) groups is 4. The van der Waals surface area contributed by atoms with Gasteiger partial charge in [0.25, 0.3) is 11.8 Å². The number of carbonyl (C=O) groups excluding carboxylic acids is 4. The maximum Gasteiger partial charge on any atom is 0.325 e. The lowest BCUT2D eigenvalue weighted by atomic mass is 9.84. The van der Waals surface area contributed by atoms with Crippen LogP contribution < -0.4 is 20.7 Å². The lowest BCUT2D eigenvalue weighted by Gasteiger charge is -2.33. The van der Waals surface area contributed by atoms with Crippen molar-refractivity contribution in [1.82, 2.24) is 15.5 Å². The van der Waals surface area contributed by atoms with E-state index in [9.17, 15) is 19.2 Å². The molecule has 2 aliphatic rings. The van der Waals surface area contributed by atoms with Crippen LogP contribution >= 0.6 is 0 Å². The zero-order chi connectivity index (χ0) is 25.1. The van der Waals surface area contributed by atoms with Crippen LogP contribution in [0.15, 0.2) is 78.9 Å². The fraction of sp³-hybridized carbons (Fsp3) is 0.185. The molecule has 0 saturated carbocycles. The van der Waals surface area contributed by atoms with Gasteiger partial charge in [-0.05, 0) is 23.8 Å². The molecule has 5 amide bonds. The Morgan fingerprint density at radius 3 is 2.50 bits per heavy atom. The number of imide groups is 1. The number of anilines is 1. The van der Waals surface area contributed by atoms with Crippen molar-refractivity contribution in [3.8, 4) is 5.75 Å². The Morgan fingerprint density at radius 1 is 0.944 bits per heavy atom. The molecular formula is C27H24N4O5. The normalized spacial score (nSPS) is 18.3. The number of para-hydroxylation sites is 2. The number of benzene rings is 3. The third-order valence-corrected chi connectivity index (χ3v) is 6.30. The van der Waals surface area contributed by atoms with Crippen LogP contribution in [0, 0.1) is 0 Å². The smallest absolute Gasteiger partial charge is 0.325 e. The first-order valence-corrected chi connectivity index (χ1v) is 11.6. The van der Waals surface area contributed by atoms with Gasteiger partial charge in [0.05, 0.1) is 17.9 Å². The summed E-state index contributed by atoms with van der Waals surface area (Å²) in [6, 6.07) is 22.4. The zero-order valence-corrected chi connectivity index (χ0v) is 19.3. The molecule has 1 fully saturated rings. The number of hydrogen-bond acceptors (Lipinski definition) is 5. The van der Waals surface area contributed by atoms with Gasteiger partial charge in [-0.15, -0.1) is 0 Å². The van der Waals surface area contributed by atoms with Crippen molar-refractivity contribution in [2.75, 3.05) is 18.5 Å². The molecule has 9 nitrogen and oxygen atoms in total. The van der Waals surface area contributed by atoms with E-state index in [2.05, 4.69) is 16.0 Å². The van der Waals surface area contributed by atoms with Crippen LogP contribution in [0.25, 0.3) is 0 Å². The summed E-state index contributed by atoms with van der Waals surface area (Å²) in [7, 11) is 0. The minimum atomic E-state index is -1.26. The molecule has 2 aliphatic heterocycles. The molecule has 9 heteroatoms. The lowest BCUT2D eigenvalue weighted by molar-refractivity contribution is -0.135. The van der Waals surface area contributed by atoms with E-state index >= 15 is 0 Å². The second-order valence-electron chi connectivity index (χ2n) is 8.58. The highest BCUT2D eigenvalue weighted by molar-refractivity contribution is 6.11. The fourth-order valence-electron chi connectivity index (χ4n) is 4.51. The third-order valence-electron chi connectivity index (χ3n) is 6.30. The summed E-state index contributed by atoms with van der Waals surface area (Å²) in [5.41, 5.74) is 0.800. The second-order valence-corrected chi connectivity index (χ2v) is 8.58. The molecule has 36 heavy (non-hydrogen) atoms. The van der Waals surface area contributed by atoms with Crippen LogP contribution in [0.3, 0.4) is 0 Å².